The maximum Gasteiger partial charge on any atom is 0.311 e. The molecule has 0 fully saturated rings. The molecule has 0 saturated carbocycles. The number of ketones is 1. The van der Waals surface area contributed by atoms with Crippen molar-refractivity contribution in [3.05, 3.63) is 102 Å². The molecule has 1 N–H and O–H groups in total. The first-order valence-electron chi connectivity index (χ1n) is 10.5. The van der Waals surface area contributed by atoms with Crippen molar-refractivity contribution in [3.8, 4) is 5.75 Å². The fraction of sp³-hybridized carbons (Fsp3) is 0.111. The fourth-order valence-electron chi connectivity index (χ4n) is 3.97. The van der Waals surface area contributed by atoms with Crippen molar-refractivity contribution in [1.82, 2.24) is 4.98 Å². The van der Waals surface area contributed by atoms with Gasteiger partial charge in [0, 0.05) is 45.2 Å². The van der Waals surface area contributed by atoms with Crippen molar-refractivity contribution >= 4 is 33.6 Å². The number of aromatic nitrogens is 1. The number of fused-ring (bicyclic) bond motifs is 2. The third-order valence-electron chi connectivity index (χ3n) is 5.64. The van der Waals surface area contributed by atoms with Crippen LogP contribution in [0.3, 0.4) is 0 Å². The second-order valence-corrected chi connectivity index (χ2v) is 7.69. The minimum absolute atomic E-state index is 0.0240. The average molecular weight is 439 g/mol. The molecule has 5 aromatic rings. The summed E-state index contributed by atoms with van der Waals surface area (Å²) < 4.78 is 16.6. The van der Waals surface area contributed by atoms with Gasteiger partial charge in [0.1, 0.15) is 11.3 Å². The van der Waals surface area contributed by atoms with Crippen molar-refractivity contribution in [1.29, 1.82) is 0 Å². The quantitative estimate of drug-likeness (QED) is 0.262. The number of rotatable bonds is 7. The van der Waals surface area contributed by atoms with E-state index in [1.165, 1.54) is 6.26 Å². The number of nitrogens with one attached hydrogen (secondary N) is 1. The Morgan fingerprint density at radius 1 is 0.970 bits per heavy atom. The summed E-state index contributed by atoms with van der Waals surface area (Å²) in [6.07, 6.45) is 2.11. The Labute approximate surface area is 189 Å². The molecule has 164 valence electrons. The summed E-state index contributed by atoms with van der Waals surface area (Å²) in [5.41, 5.74) is 3.24. The number of furan rings is 1. The monoisotopic (exact) mass is 439 g/mol. The highest BCUT2D eigenvalue weighted by molar-refractivity contribution is 6.10. The SMILES string of the molecule is COc1ccc2c(CC(=O)OC(C(=O)c3c[nH]c4ccccc34)c3ccccc3)coc2c1. The molecule has 1 atom stereocenters. The minimum atomic E-state index is -1.06. The zero-order valence-electron chi connectivity index (χ0n) is 17.9. The summed E-state index contributed by atoms with van der Waals surface area (Å²) in [7, 11) is 1.58. The first-order valence-corrected chi connectivity index (χ1v) is 10.5. The lowest BCUT2D eigenvalue weighted by molar-refractivity contribution is -0.146. The van der Waals surface area contributed by atoms with Gasteiger partial charge in [0.15, 0.2) is 6.10 Å². The van der Waals surface area contributed by atoms with Crippen LogP contribution in [0, 0.1) is 0 Å². The van der Waals surface area contributed by atoms with Crippen LogP contribution < -0.4 is 4.74 Å². The number of para-hydroxylation sites is 1. The predicted molar refractivity (Wildman–Crippen MR) is 124 cm³/mol. The molecule has 0 saturated heterocycles. The molecule has 0 aliphatic heterocycles. The van der Waals surface area contributed by atoms with Crippen LogP contribution in [0.1, 0.15) is 27.6 Å². The molecule has 6 heteroatoms. The average Bonchev–Trinajstić information content (AvgIpc) is 3.46. The molecular weight excluding hydrogens is 418 g/mol. The van der Waals surface area contributed by atoms with Crippen LogP contribution in [0.4, 0.5) is 0 Å². The standard InChI is InChI=1S/C27H21NO5/c1-31-19-11-12-20-18(16-32-24(20)14-19)13-25(29)33-27(17-7-3-2-4-8-17)26(30)22-15-28-23-10-6-5-9-21(22)23/h2-12,14-16,27-28H,13H2,1H3. The zero-order valence-corrected chi connectivity index (χ0v) is 17.9. The number of aromatic amines is 1. The number of ether oxygens (including phenoxy) is 2. The van der Waals surface area contributed by atoms with Gasteiger partial charge in [-0.3, -0.25) is 9.59 Å². The van der Waals surface area contributed by atoms with Gasteiger partial charge in [0.25, 0.3) is 0 Å². The Morgan fingerprint density at radius 3 is 2.58 bits per heavy atom. The minimum Gasteiger partial charge on any atom is -0.497 e. The summed E-state index contributed by atoms with van der Waals surface area (Å²) >= 11 is 0. The molecule has 2 heterocycles. The molecule has 0 aliphatic carbocycles. The molecule has 2 aromatic heterocycles. The number of benzene rings is 3. The summed E-state index contributed by atoms with van der Waals surface area (Å²) in [6, 6.07) is 22.0. The summed E-state index contributed by atoms with van der Waals surface area (Å²) in [5, 5.41) is 1.58. The lowest BCUT2D eigenvalue weighted by Gasteiger charge is -2.17. The first-order chi connectivity index (χ1) is 16.1. The highest BCUT2D eigenvalue weighted by Crippen LogP contribution is 2.29. The molecule has 5 rings (SSSR count). The number of hydrogen-bond acceptors (Lipinski definition) is 5. The predicted octanol–water partition coefficient (Wildman–Crippen LogP) is 5.63. The molecule has 0 radical (unpaired) electrons. The Balaban J connectivity index is 1.43. The summed E-state index contributed by atoms with van der Waals surface area (Å²) in [6.45, 7) is 0. The topological polar surface area (TPSA) is 81.5 Å². The summed E-state index contributed by atoms with van der Waals surface area (Å²) in [4.78, 5) is 29.6. The van der Waals surface area contributed by atoms with E-state index in [2.05, 4.69) is 4.98 Å². The van der Waals surface area contributed by atoms with Crippen molar-refractivity contribution in [3.63, 3.8) is 0 Å². The second-order valence-electron chi connectivity index (χ2n) is 7.69. The molecule has 33 heavy (non-hydrogen) atoms. The van der Waals surface area contributed by atoms with Crippen LogP contribution >= 0.6 is 0 Å². The summed E-state index contributed by atoms with van der Waals surface area (Å²) in [5.74, 6) is -0.135. The lowest BCUT2D eigenvalue weighted by atomic mass is 9.99. The number of carbonyl (C=O) groups is 2. The van der Waals surface area contributed by atoms with Crippen molar-refractivity contribution in [2.45, 2.75) is 12.5 Å². The van der Waals surface area contributed by atoms with Gasteiger partial charge in [0.2, 0.25) is 5.78 Å². The molecule has 1 unspecified atom stereocenters. The van der Waals surface area contributed by atoms with Crippen LogP contribution in [-0.2, 0) is 16.0 Å². The van der Waals surface area contributed by atoms with E-state index >= 15 is 0 Å². The van der Waals surface area contributed by atoms with E-state index < -0.39 is 12.1 Å². The van der Waals surface area contributed by atoms with E-state index in [9.17, 15) is 9.59 Å². The van der Waals surface area contributed by atoms with Gasteiger partial charge in [-0.25, -0.2) is 0 Å². The first kappa shape index (κ1) is 20.6. The van der Waals surface area contributed by atoms with Gasteiger partial charge in [-0.2, -0.15) is 0 Å². The van der Waals surface area contributed by atoms with E-state index in [-0.39, 0.29) is 12.2 Å². The molecule has 0 bridgehead atoms. The van der Waals surface area contributed by atoms with E-state index in [0.717, 1.165) is 16.3 Å². The number of Topliss-reactive ketones (excluding diaryl/α,β-unsaturated/α-hetero) is 1. The third kappa shape index (κ3) is 3.99. The van der Waals surface area contributed by atoms with Crippen molar-refractivity contribution in [2.75, 3.05) is 7.11 Å². The fourth-order valence-corrected chi connectivity index (χ4v) is 3.97. The van der Waals surface area contributed by atoms with Gasteiger partial charge in [0.05, 0.1) is 19.8 Å². The number of hydrogen-bond donors (Lipinski definition) is 1. The number of carbonyl (C=O) groups excluding carboxylic acids is 2. The maximum absolute atomic E-state index is 13.5. The van der Waals surface area contributed by atoms with Crippen molar-refractivity contribution in [2.24, 2.45) is 0 Å². The van der Waals surface area contributed by atoms with Gasteiger partial charge >= 0.3 is 5.97 Å². The van der Waals surface area contributed by atoms with Gasteiger partial charge in [-0.05, 0) is 18.2 Å². The van der Waals surface area contributed by atoms with Gasteiger partial charge in [-0.1, -0.05) is 48.5 Å². The molecule has 3 aromatic carbocycles. The normalized spacial score (nSPS) is 12.0. The Bertz CT molecular complexity index is 1450. The van der Waals surface area contributed by atoms with Crippen LogP contribution in [-0.4, -0.2) is 23.8 Å². The molecule has 0 aliphatic rings. The van der Waals surface area contributed by atoms with Crippen LogP contribution in [0.25, 0.3) is 21.9 Å². The van der Waals surface area contributed by atoms with Crippen molar-refractivity contribution < 1.29 is 23.5 Å². The number of esters is 1. The molecule has 0 amide bonds. The Morgan fingerprint density at radius 2 is 1.76 bits per heavy atom. The van der Waals surface area contributed by atoms with E-state index in [1.807, 2.05) is 48.5 Å². The lowest BCUT2D eigenvalue weighted by Crippen LogP contribution is -2.21. The van der Waals surface area contributed by atoms with Gasteiger partial charge < -0.3 is 18.9 Å². The van der Waals surface area contributed by atoms with E-state index in [1.54, 1.807) is 37.6 Å². The zero-order chi connectivity index (χ0) is 22.8. The Kier molecular flexibility index (Phi) is 5.40. The van der Waals surface area contributed by atoms with Gasteiger partial charge in [-0.15, -0.1) is 0 Å². The molecular formula is C27H21NO5. The van der Waals surface area contributed by atoms with Crippen LogP contribution in [0.5, 0.6) is 5.75 Å². The number of H-pyrrole nitrogens is 1. The Hall–Kier alpha value is -4.32. The van der Waals surface area contributed by atoms with Crippen LogP contribution in [0.2, 0.25) is 0 Å². The van der Waals surface area contributed by atoms with Crippen LogP contribution in [0.15, 0.2) is 89.7 Å². The maximum atomic E-state index is 13.5. The van der Waals surface area contributed by atoms with E-state index in [4.69, 9.17) is 13.9 Å². The third-order valence-corrected chi connectivity index (χ3v) is 5.64. The second kappa shape index (κ2) is 8.67. The smallest absolute Gasteiger partial charge is 0.311 e. The highest BCUT2D eigenvalue weighted by Gasteiger charge is 2.28. The number of methoxy groups -OCH3 is 1. The van der Waals surface area contributed by atoms with E-state index in [0.29, 0.717) is 28.0 Å². The molecule has 6 nitrogen and oxygen atoms in total. The highest BCUT2D eigenvalue weighted by atomic mass is 16.5. The molecule has 0 spiro atoms. The largest absolute Gasteiger partial charge is 0.497 e.